The second kappa shape index (κ2) is 10.1. The van der Waals surface area contributed by atoms with Gasteiger partial charge in [-0.25, -0.2) is 0 Å². The first kappa shape index (κ1) is 19.3. The highest BCUT2D eigenvalue weighted by atomic mass is 79.9. The van der Waals surface area contributed by atoms with Crippen molar-refractivity contribution in [2.45, 2.75) is 13.8 Å². The standard InChI is InChI=1S/C19H22BrNO4/c1-3-23-11-12-25-16-8-6-15(7-9-16)21-19(22)14-5-10-18(24-4-2)17(20)13-14/h5-10,13H,3-4,11-12H2,1-2H3,(H,21,22). The third-order valence-corrected chi connectivity index (χ3v) is 3.93. The molecule has 0 aliphatic rings. The van der Waals surface area contributed by atoms with E-state index in [1.807, 2.05) is 26.0 Å². The smallest absolute Gasteiger partial charge is 0.255 e. The molecule has 1 N–H and O–H groups in total. The zero-order valence-electron chi connectivity index (χ0n) is 14.4. The highest BCUT2D eigenvalue weighted by molar-refractivity contribution is 9.10. The summed E-state index contributed by atoms with van der Waals surface area (Å²) in [6.07, 6.45) is 0. The van der Waals surface area contributed by atoms with Gasteiger partial charge in [0.05, 0.1) is 17.7 Å². The number of nitrogens with one attached hydrogen (secondary N) is 1. The van der Waals surface area contributed by atoms with Crippen LogP contribution in [0.2, 0.25) is 0 Å². The van der Waals surface area contributed by atoms with Gasteiger partial charge in [0, 0.05) is 17.9 Å². The number of benzene rings is 2. The molecule has 0 radical (unpaired) electrons. The highest BCUT2D eigenvalue weighted by Crippen LogP contribution is 2.26. The number of anilines is 1. The van der Waals surface area contributed by atoms with Gasteiger partial charge in [0.1, 0.15) is 18.1 Å². The molecule has 0 aliphatic heterocycles. The molecule has 2 rings (SSSR count). The van der Waals surface area contributed by atoms with Gasteiger partial charge in [0.15, 0.2) is 0 Å². The fourth-order valence-electron chi connectivity index (χ4n) is 2.12. The number of hydrogen-bond donors (Lipinski definition) is 1. The lowest BCUT2D eigenvalue weighted by Crippen LogP contribution is -2.12. The first-order chi connectivity index (χ1) is 12.1. The topological polar surface area (TPSA) is 56.8 Å². The van der Waals surface area contributed by atoms with Crippen molar-refractivity contribution < 1.29 is 19.0 Å². The van der Waals surface area contributed by atoms with Gasteiger partial charge in [0.25, 0.3) is 5.91 Å². The molecule has 134 valence electrons. The van der Waals surface area contributed by atoms with E-state index < -0.39 is 0 Å². The Hall–Kier alpha value is -2.05. The molecule has 0 atom stereocenters. The van der Waals surface area contributed by atoms with E-state index in [1.54, 1.807) is 30.3 Å². The van der Waals surface area contributed by atoms with Crippen LogP contribution in [0.1, 0.15) is 24.2 Å². The van der Waals surface area contributed by atoms with E-state index in [0.29, 0.717) is 43.4 Å². The zero-order valence-corrected chi connectivity index (χ0v) is 16.0. The Morgan fingerprint density at radius 3 is 2.40 bits per heavy atom. The van der Waals surface area contributed by atoms with Crippen LogP contribution in [0.25, 0.3) is 0 Å². The number of ether oxygens (including phenoxy) is 3. The molecule has 0 saturated heterocycles. The summed E-state index contributed by atoms with van der Waals surface area (Å²) in [6, 6.07) is 12.5. The maximum atomic E-state index is 12.3. The van der Waals surface area contributed by atoms with Crippen LogP contribution >= 0.6 is 15.9 Å². The number of halogens is 1. The van der Waals surface area contributed by atoms with Crippen molar-refractivity contribution in [2.75, 3.05) is 31.7 Å². The lowest BCUT2D eigenvalue weighted by Gasteiger charge is -2.10. The molecule has 0 unspecified atom stereocenters. The summed E-state index contributed by atoms with van der Waals surface area (Å²) < 4.78 is 17.0. The molecule has 6 heteroatoms. The van der Waals surface area contributed by atoms with Crippen molar-refractivity contribution in [3.8, 4) is 11.5 Å². The predicted molar refractivity (Wildman–Crippen MR) is 102 cm³/mol. The molecular weight excluding hydrogens is 386 g/mol. The largest absolute Gasteiger partial charge is 0.493 e. The summed E-state index contributed by atoms with van der Waals surface area (Å²) in [5.74, 6) is 1.27. The Morgan fingerprint density at radius 2 is 1.76 bits per heavy atom. The van der Waals surface area contributed by atoms with E-state index in [9.17, 15) is 4.79 Å². The van der Waals surface area contributed by atoms with Gasteiger partial charge in [-0.3, -0.25) is 4.79 Å². The Bertz CT molecular complexity index is 688. The molecule has 0 fully saturated rings. The number of hydrogen-bond acceptors (Lipinski definition) is 4. The SMILES string of the molecule is CCOCCOc1ccc(NC(=O)c2ccc(OCC)c(Br)c2)cc1. The lowest BCUT2D eigenvalue weighted by molar-refractivity contribution is 0.102. The van der Waals surface area contributed by atoms with Gasteiger partial charge >= 0.3 is 0 Å². The van der Waals surface area contributed by atoms with Crippen LogP contribution in [0.5, 0.6) is 11.5 Å². The number of rotatable bonds is 9. The Kier molecular flexibility index (Phi) is 7.76. The van der Waals surface area contributed by atoms with Crippen LogP contribution in [0, 0.1) is 0 Å². The maximum Gasteiger partial charge on any atom is 0.255 e. The molecule has 0 bridgehead atoms. The summed E-state index contributed by atoms with van der Waals surface area (Å²) in [5.41, 5.74) is 1.25. The third kappa shape index (κ3) is 6.07. The highest BCUT2D eigenvalue weighted by Gasteiger charge is 2.09. The minimum atomic E-state index is -0.186. The molecule has 0 aliphatic carbocycles. The molecular formula is C19H22BrNO4. The molecule has 2 aromatic rings. The minimum absolute atomic E-state index is 0.186. The van der Waals surface area contributed by atoms with Gasteiger partial charge < -0.3 is 19.5 Å². The number of carbonyl (C=O) groups is 1. The normalized spacial score (nSPS) is 10.4. The fourth-order valence-corrected chi connectivity index (χ4v) is 2.61. The fraction of sp³-hybridized carbons (Fsp3) is 0.316. The van der Waals surface area contributed by atoms with E-state index in [4.69, 9.17) is 14.2 Å². The van der Waals surface area contributed by atoms with Crippen LogP contribution < -0.4 is 14.8 Å². The van der Waals surface area contributed by atoms with Crippen molar-refractivity contribution in [3.05, 3.63) is 52.5 Å². The van der Waals surface area contributed by atoms with Crippen LogP contribution in [-0.2, 0) is 4.74 Å². The quantitative estimate of drug-likeness (QED) is 0.620. The van der Waals surface area contributed by atoms with Gasteiger partial charge in [-0.2, -0.15) is 0 Å². The van der Waals surface area contributed by atoms with Gasteiger partial charge in [-0.05, 0) is 72.2 Å². The summed E-state index contributed by atoms with van der Waals surface area (Å²) in [4.78, 5) is 12.3. The van der Waals surface area contributed by atoms with Crippen molar-refractivity contribution in [1.29, 1.82) is 0 Å². The molecule has 25 heavy (non-hydrogen) atoms. The third-order valence-electron chi connectivity index (χ3n) is 3.31. The molecule has 1 amide bonds. The summed E-state index contributed by atoms with van der Waals surface area (Å²) in [5, 5.41) is 2.86. The summed E-state index contributed by atoms with van der Waals surface area (Å²) >= 11 is 3.41. The van der Waals surface area contributed by atoms with E-state index in [2.05, 4.69) is 21.2 Å². The molecule has 5 nitrogen and oxygen atoms in total. The average molecular weight is 408 g/mol. The van der Waals surface area contributed by atoms with E-state index >= 15 is 0 Å². The molecule has 0 saturated carbocycles. The van der Waals surface area contributed by atoms with E-state index in [0.717, 1.165) is 10.2 Å². The second-order valence-electron chi connectivity index (χ2n) is 5.10. The first-order valence-electron chi connectivity index (χ1n) is 8.18. The Labute approximate surface area is 156 Å². The summed E-state index contributed by atoms with van der Waals surface area (Å²) in [7, 11) is 0. The van der Waals surface area contributed by atoms with Crippen LogP contribution in [0.4, 0.5) is 5.69 Å². The Morgan fingerprint density at radius 1 is 1.00 bits per heavy atom. The molecule has 2 aromatic carbocycles. The maximum absolute atomic E-state index is 12.3. The number of amides is 1. The molecule has 0 heterocycles. The van der Waals surface area contributed by atoms with E-state index in [1.165, 1.54) is 0 Å². The summed E-state index contributed by atoms with van der Waals surface area (Å²) in [6.45, 7) is 6.16. The van der Waals surface area contributed by atoms with Crippen molar-refractivity contribution in [3.63, 3.8) is 0 Å². The van der Waals surface area contributed by atoms with Crippen LogP contribution in [-0.4, -0.2) is 32.3 Å². The lowest BCUT2D eigenvalue weighted by atomic mass is 10.2. The van der Waals surface area contributed by atoms with Crippen LogP contribution in [0.15, 0.2) is 46.9 Å². The predicted octanol–water partition coefficient (Wildman–Crippen LogP) is 4.52. The van der Waals surface area contributed by atoms with Crippen LogP contribution in [0.3, 0.4) is 0 Å². The molecule has 0 aromatic heterocycles. The van der Waals surface area contributed by atoms with Gasteiger partial charge in [0.2, 0.25) is 0 Å². The minimum Gasteiger partial charge on any atom is -0.493 e. The van der Waals surface area contributed by atoms with E-state index in [-0.39, 0.29) is 5.91 Å². The van der Waals surface area contributed by atoms with Crippen molar-refractivity contribution in [2.24, 2.45) is 0 Å². The average Bonchev–Trinajstić information content (AvgIpc) is 2.62. The monoisotopic (exact) mass is 407 g/mol. The van der Waals surface area contributed by atoms with Gasteiger partial charge in [-0.15, -0.1) is 0 Å². The molecule has 0 spiro atoms. The first-order valence-corrected chi connectivity index (χ1v) is 8.97. The Balaban J connectivity index is 1.92. The zero-order chi connectivity index (χ0) is 18.1. The second-order valence-corrected chi connectivity index (χ2v) is 5.96. The number of carbonyl (C=O) groups excluding carboxylic acids is 1. The van der Waals surface area contributed by atoms with Crippen molar-refractivity contribution in [1.82, 2.24) is 0 Å². The van der Waals surface area contributed by atoms with Crippen molar-refractivity contribution >= 4 is 27.5 Å². The van der Waals surface area contributed by atoms with Gasteiger partial charge in [-0.1, -0.05) is 0 Å².